The Morgan fingerprint density at radius 2 is 1.70 bits per heavy atom. The van der Waals surface area contributed by atoms with Crippen molar-refractivity contribution in [2.24, 2.45) is 0 Å². The van der Waals surface area contributed by atoms with Crippen LogP contribution >= 0.6 is 0 Å². The summed E-state index contributed by atoms with van der Waals surface area (Å²) >= 11 is 0. The Balaban J connectivity index is 3.90. The van der Waals surface area contributed by atoms with E-state index in [1.807, 2.05) is 0 Å². The first kappa shape index (κ1) is 18.1. The third kappa shape index (κ3) is 10.1. The molecule has 1 atom stereocenters. The van der Waals surface area contributed by atoms with Crippen molar-refractivity contribution < 1.29 is 28.6 Å². The van der Waals surface area contributed by atoms with Gasteiger partial charge in [0.1, 0.15) is 18.3 Å². The van der Waals surface area contributed by atoms with Crippen LogP contribution < -0.4 is 0 Å². The number of esters is 3. The van der Waals surface area contributed by atoms with Gasteiger partial charge in [0.25, 0.3) is 0 Å². The van der Waals surface area contributed by atoms with E-state index in [9.17, 15) is 14.4 Å². The number of carbonyl (C=O) groups is 3. The highest BCUT2D eigenvalue weighted by Crippen LogP contribution is 2.09. The smallest absolute Gasteiger partial charge is 0.330 e. The van der Waals surface area contributed by atoms with E-state index in [-0.39, 0.29) is 19.4 Å². The number of ether oxygens (including phenoxy) is 3. The topological polar surface area (TPSA) is 78.9 Å². The molecule has 0 bridgehead atoms. The fourth-order valence-corrected chi connectivity index (χ4v) is 1.17. The second kappa shape index (κ2) is 8.35. The molecule has 0 rings (SSSR count). The molecule has 1 unspecified atom stereocenters. The Kier molecular flexibility index (Phi) is 7.57. The van der Waals surface area contributed by atoms with Gasteiger partial charge >= 0.3 is 17.9 Å². The molecule has 0 spiro atoms. The summed E-state index contributed by atoms with van der Waals surface area (Å²) in [5.74, 6) is -1.58. The lowest BCUT2D eigenvalue weighted by molar-refractivity contribution is -0.161. The maximum absolute atomic E-state index is 11.4. The highest BCUT2D eigenvalue weighted by Gasteiger charge is 2.18. The Bertz CT molecular complexity index is 366. The van der Waals surface area contributed by atoms with Crippen molar-refractivity contribution in [2.75, 3.05) is 6.61 Å². The second-order valence-corrected chi connectivity index (χ2v) is 5.22. The average Bonchev–Trinajstić information content (AvgIpc) is 2.31. The van der Waals surface area contributed by atoms with Gasteiger partial charge in [-0.05, 0) is 27.7 Å². The van der Waals surface area contributed by atoms with Crippen LogP contribution in [0.1, 0.15) is 40.5 Å². The van der Waals surface area contributed by atoms with Gasteiger partial charge in [0.2, 0.25) is 0 Å². The number of hydrogen-bond acceptors (Lipinski definition) is 6. The van der Waals surface area contributed by atoms with Crippen molar-refractivity contribution in [3.63, 3.8) is 0 Å². The third-order valence-electron chi connectivity index (χ3n) is 1.91. The standard InChI is InChI=1S/C14H22O6/c1-6-11(15)18-9-10(2)19-12(16)7-8-13(17)20-14(3,4)5/h6,10H,1,7-9H2,2-5H3. The first-order chi connectivity index (χ1) is 9.14. The molecule has 0 amide bonds. The molecule has 0 heterocycles. The van der Waals surface area contributed by atoms with Gasteiger partial charge < -0.3 is 14.2 Å². The molecule has 0 fully saturated rings. The largest absolute Gasteiger partial charge is 0.460 e. The summed E-state index contributed by atoms with van der Waals surface area (Å²) < 4.78 is 14.7. The molecule has 6 nitrogen and oxygen atoms in total. The fraction of sp³-hybridized carbons (Fsp3) is 0.643. The molecule has 0 saturated carbocycles. The van der Waals surface area contributed by atoms with Crippen LogP contribution in [0.3, 0.4) is 0 Å². The normalized spacial score (nSPS) is 12.2. The molecular weight excluding hydrogens is 264 g/mol. The minimum absolute atomic E-state index is 0.0464. The number of rotatable bonds is 7. The minimum Gasteiger partial charge on any atom is -0.460 e. The van der Waals surface area contributed by atoms with E-state index in [0.717, 1.165) is 6.08 Å². The molecule has 0 radical (unpaired) electrons. The second-order valence-electron chi connectivity index (χ2n) is 5.22. The molecule has 6 heteroatoms. The molecule has 0 aromatic carbocycles. The monoisotopic (exact) mass is 286 g/mol. The SMILES string of the molecule is C=CC(=O)OCC(C)OC(=O)CCC(=O)OC(C)(C)C. The van der Waals surface area contributed by atoms with Crippen molar-refractivity contribution >= 4 is 17.9 Å². The number of hydrogen-bond donors (Lipinski definition) is 0. The van der Waals surface area contributed by atoms with E-state index >= 15 is 0 Å². The molecule has 0 aliphatic carbocycles. The molecule has 0 aromatic heterocycles. The predicted octanol–water partition coefficient (Wildman–Crippen LogP) is 1.77. The van der Waals surface area contributed by atoms with Crippen LogP contribution in [0.4, 0.5) is 0 Å². The summed E-state index contributed by atoms with van der Waals surface area (Å²) in [6.07, 6.45) is 0.325. The third-order valence-corrected chi connectivity index (χ3v) is 1.91. The average molecular weight is 286 g/mol. The maximum Gasteiger partial charge on any atom is 0.330 e. The van der Waals surface area contributed by atoms with Gasteiger partial charge in [0.05, 0.1) is 12.8 Å². The van der Waals surface area contributed by atoms with E-state index in [0.29, 0.717) is 0 Å². The quantitative estimate of drug-likeness (QED) is 0.403. The first-order valence-electron chi connectivity index (χ1n) is 6.34. The van der Waals surface area contributed by atoms with Gasteiger partial charge in [0, 0.05) is 6.08 Å². The van der Waals surface area contributed by atoms with Crippen LogP contribution in [-0.2, 0) is 28.6 Å². The summed E-state index contributed by atoms with van der Waals surface area (Å²) in [7, 11) is 0. The van der Waals surface area contributed by atoms with Gasteiger partial charge in [0.15, 0.2) is 0 Å². The van der Waals surface area contributed by atoms with Crippen molar-refractivity contribution in [2.45, 2.75) is 52.2 Å². The minimum atomic E-state index is -0.582. The van der Waals surface area contributed by atoms with Crippen LogP contribution in [0, 0.1) is 0 Å². The van der Waals surface area contributed by atoms with Gasteiger partial charge in [-0.3, -0.25) is 9.59 Å². The van der Waals surface area contributed by atoms with Gasteiger partial charge in [-0.1, -0.05) is 6.58 Å². The maximum atomic E-state index is 11.4. The van der Waals surface area contributed by atoms with Crippen molar-refractivity contribution in [3.05, 3.63) is 12.7 Å². The molecular formula is C14H22O6. The molecule has 20 heavy (non-hydrogen) atoms. The summed E-state index contributed by atoms with van der Waals surface area (Å²) in [6, 6.07) is 0. The van der Waals surface area contributed by atoms with E-state index in [1.165, 1.54) is 0 Å². The zero-order valence-corrected chi connectivity index (χ0v) is 12.4. The summed E-state index contributed by atoms with van der Waals surface area (Å²) in [4.78, 5) is 33.6. The molecule has 0 saturated heterocycles. The van der Waals surface area contributed by atoms with Crippen LogP contribution in [0.15, 0.2) is 12.7 Å². The van der Waals surface area contributed by atoms with Crippen molar-refractivity contribution in [1.29, 1.82) is 0 Å². The van der Waals surface area contributed by atoms with Gasteiger partial charge in [-0.25, -0.2) is 4.79 Å². The highest BCUT2D eigenvalue weighted by atomic mass is 16.6. The van der Waals surface area contributed by atoms with Gasteiger partial charge in [-0.15, -0.1) is 0 Å². The number of carbonyl (C=O) groups excluding carboxylic acids is 3. The molecule has 0 aliphatic heterocycles. The summed E-state index contributed by atoms with van der Waals surface area (Å²) in [6.45, 7) is 10.0. The summed E-state index contributed by atoms with van der Waals surface area (Å²) in [5, 5.41) is 0. The Morgan fingerprint density at radius 1 is 1.15 bits per heavy atom. The predicted molar refractivity (Wildman–Crippen MR) is 71.8 cm³/mol. The van der Waals surface area contributed by atoms with Crippen molar-refractivity contribution in [3.8, 4) is 0 Å². The molecule has 0 aromatic rings. The van der Waals surface area contributed by atoms with E-state index in [1.54, 1.807) is 27.7 Å². The lowest BCUT2D eigenvalue weighted by atomic mass is 10.2. The Hall–Kier alpha value is -1.85. The zero-order valence-electron chi connectivity index (χ0n) is 12.4. The molecule has 0 aliphatic rings. The Labute approximate surface area is 119 Å². The van der Waals surface area contributed by atoms with E-state index in [2.05, 4.69) is 6.58 Å². The van der Waals surface area contributed by atoms with Crippen LogP contribution in [0.5, 0.6) is 0 Å². The summed E-state index contributed by atoms with van der Waals surface area (Å²) in [5.41, 5.74) is -0.576. The first-order valence-corrected chi connectivity index (χ1v) is 6.34. The van der Waals surface area contributed by atoms with Crippen LogP contribution in [0.25, 0.3) is 0 Å². The molecule has 0 N–H and O–H groups in total. The van der Waals surface area contributed by atoms with E-state index < -0.39 is 29.6 Å². The van der Waals surface area contributed by atoms with Crippen LogP contribution in [-0.4, -0.2) is 36.2 Å². The zero-order chi connectivity index (χ0) is 15.8. The van der Waals surface area contributed by atoms with Crippen molar-refractivity contribution in [1.82, 2.24) is 0 Å². The van der Waals surface area contributed by atoms with Gasteiger partial charge in [-0.2, -0.15) is 0 Å². The Morgan fingerprint density at radius 3 is 2.20 bits per heavy atom. The molecule has 114 valence electrons. The van der Waals surface area contributed by atoms with E-state index in [4.69, 9.17) is 14.2 Å². The lowest BCUT2D eigenvalue weighted by Gasteiger charge is -2.19. The lowest BCUT2D eigenvalue weighted by Crippen LogP contribution is -2.25. The fourth-order valence-electron chi connectivity index (χ4n) is 1.17. The highest BCUT2D eigenvalue weighted by molar-refractivity contribution is 5.81. The van der Waals surface area contributed by atoms with Crippen LogP contribution in [0.2, 0.25) is 0 Å².